The number of methoxy groups -OCH3 is 1. The van der Waals surface area contributed by atoms with Crippen molar-refractivity contribution in [3.63, 3.8) is 0 Å². The van der Waals surface area contributed by atoms with E-state index in [0.29, 0.717) is 16.9 Å². The molecule has 0 saturated carbocycles. The minimum absolute atomic E-state index is 0.104. The quantitative estimate of drug-likeness (QED) is 0.909. The van der Waals surface area contributed by atoms with E-state index in [1.54, 1.807) is 18.2 Å². The molecule has 0 amide bonds. The maximum absolute atomic E-state index is 13.1. The fourth-order valence-electron chi connectivity index (χ4n) is 2.02. The second-order valence-corrected chi connectivity index (χ2v) is 5.30. The number of rotatable bonds is 4. The number of aliphatic hydroxyl groups excluding tert-OH is 1. The molecule has 106 valence electrons. The van der Waals surface area contributed by atoms with Crippen LogP contribution < -0.4 is 4.74 Å². The highest BCUT2D eigenvalue weighted by atomic mass is 79.9. The first-order chi connectivity index (χ1) is 9.49. The third-order valence-corrected chi connectivity index (χ3v) is 3.40. The number of benzene rings is 2. The van der Waals surface area contributed by atoms with Gasteiger partial charge in [0.1, 0.15) is 17.4 Å². The van der Waals surface area contributed by atoms with Gasteiger partial charge in [-0.3, -0.25) is 0 Å². The largest absolute Gasteiger partial charge is 0.496 e. The van der Waals surface area contributed by atoms with Crippen molar-refractivity contribution < 1.29 is 18.6 Å². The Hall–Kier alpha value is -1.46. The van der Waals surface area contributed by atoms with E-state index in [1.165, 1.54) is 19.2 Å². The minimum Gasteiger partial charge on any atom is -0.496 e. The summed E-state index contributed by atoms with van der Waals surface area (Å²) in [7, 11) is 1.50. The van der Waals surface area contributed by atoms with Crippen molar-refractivity contribution in [3.05, 3.63) is 63.6 Å². The van der Waals surface area contributed by atoms with Crippen molar-refractivity contribution in [2.45, 2.75) is 12.5 Å². The lowest BCUT2D eigenvalue weighted by Crippen LogP contribution is -2.05. The van der Waals surface area contributed by atoms with Crippen LogP contribution in [0.15, 0.2) is 40.9 Å². The topological polar surface area (TPSA) is 29.5 Å². The molecule has 1 atom stereocenters. The van der Waals surface area contributed by atoms with Crippen LogP contribution in [0.2, 0.25) is 0 Å². The molecule has 0 heterocycles. The molecule has 2 nitrogen and oxygen atoms in total. The fraction of sp³-hybridized carbons (Fsp3) is 0.200. The summed E-state index contributed by atoms with van der Waals surface area (Å²) < 4.78 is 32.3. The van der Waals surface area contributed by atoms with Gasteiger partial charge in [0.2, 0.25) is 0 Å². The van der Waals surface area contributed by atoms with Gasteiger partial charge in [-0.1, -0.05) is 22.0 Å². The molecular weight excluding hydrogens is 330 g/mol. The molecule has 1 N–H and O–H groups in total. The molecule has 0 aliphatic carbocycles. The maximum Gasteiger partial charge on any atom is 0.126 e. The van der Waals surface area contributed by atoms with Gasteiger partial charge in [0.15, 0.2) is 0 Å². The van der Waals surface area contributed by atoms with Crippen LogP contribution in [0.25, 0.3) is 0 Å². The zero-order valence-corrected chi connectivity index (χ0v) is 12.3. The predicted octanol–water partition coefficient (Wildman–Crippen LogP) is 4.01. The van der Waals surface area contributed by atoms with Gasteiger partial charge >= 0.3 is 0 Å². The normalized spacial score (nSPS) is 12.2. The SMILES string of the molecule is COc1cc(Br)ccc1C(O)Cc1cc(F)cc(F)c1. The summed E-state index contributed by atoms with van der Waals surface area (Å²) in [5, 5.41) is 10.2. The molecule has 0 aliphatic rings. The highest BCUT2D eigenvalue weighted by Crippen LogP contribution is 2.30. The van der Waals surface area contributed by atoms with E-state index in [0.717, 1.165) is 10.5 Å². The van der Waals surface area contributed by atoms with Gasteiger partial charge in [-0.15, -0.1) is 0 Å². The molecular formula is C15H13BrF2O2. The molecule has 0 aliphatic heterocycles. The third kappa shape index (κ3) is 3.55. The summed E-state index contributed by atoms with van der Waals surface area (Å²) in [4.78, 5) is 0. The second kappa shape index (κ2) is 6.33. The highest BCUT2D eigenvalue weighted by Gasteiger charge is 2.15. The van der Waals surface area contributed by atoms with Crippen LogP contribution >= 0.6 is 15.9 Å². The Morgan fingerprint density at radius 2 is 1.80 bits per heavy atom. The van der Waals surface area contributed by atoms with Crippen LogP contribution in [-0.4, -0.2) is 12.2 Å². The Labute approximate surface area is 124 Å². The zero-order chi connectivity index (χ0) is 14.7. The summed E-state index contributed by atoms with van der Waals surface area (Å²) in [6, 6.07) is 8.42. The van der Waals surface area contributed by atoms with Crippen LogP contribution in [0.1, 0.15) is 17.2 Å². The van der Waals surface area contributed by atoms with E-state index in [1.807, 2.05) is 0 Å². The van der Waals surface area contributed by atoms with Gasteiger partial charge in [0.05, 0.1) is 13.2 Å². The summed E-state index contributed by atoms with van der Waals surface area (Å²) in [6.07, 6.45) is -0.800. The van der Waals surface area contributed by atoms with Crippen molar-refractivity contribution in [2.24, 2.45) is 0 Å². The second-order valence-electron chi connectivity index (χ2n) is 4.38. The van der Waals surface area contributed by atoms with Crippen LogP contribution in [-0.2, 0) is 6.42 Å². The van der Waals surface area contributed by atoms with Gasteiger partial charge in [-0.25, -0.2) is 8.78 Å². The Bertz CT molecular complexity index is 597. The van der Waals surface area contributed by atoms with Gasteiger partial charge in [0, 0.05) is 22.5 Å². The first-order valence-electron chi connectivity index (χ1n) is 5.96. The van der Waals surface area contributed by atoms with Crippen LogP contribution in [0.3, 0.4) is 0 Å². The average molecular weight is 343 g/mol. The molecule has 20 heavy (non-hydrogen) atoms. The maximum atomic E-state index is 13.1. The number of aliphatic hydroxyl groups is 1. The molecule has 0 saturated heterocycles. The van der Waals surface area contributed by atoms with Crippen LogP contribution in [0, 0.1) is 11.6 Å². The standard InChI is InChI=1S/C15H13BrF2O2/c1-20-15-7-10(16)2-3-13(15)14(19)6-9-4-11(17)8-12(18)5-9/h2-5,7-8,14,19H,6H2,1H3. The summed E-state index contributed by atoms with van der Waals surface area (Å²) >= 11 is 3.31. The van der Waals surface area contributed by atoms with Gasteiger partial charge in [-0.2, -0.15) is 0 Å². The first kappa shape index (κ1) is 14.9. The molecule has 2 aromatic carbocycles. The van der Waals surface area contributed by atoms with Gasteiger partial charge in [0.25, 0.3) is 0 Å². The summed E-state index contributed by atoms with van der Waals surface area (Å²) in [5.41, 5.74) is 0.959. The summed E-state index contributed by atoms with van der Waals surface area (Å²) in [6.45, 7) is 0. The predicted molar refractivity (Wildman–Crippen MR) is 75.7 cm³/mol. The van der Waals surface area contributed by atoms with Crippen LogP contribution in [0.5, 0.6) is 5.75 Å². The number of hydrogen-bond acceptors (Lipinski definition) is 2. The Morgan fingerprint density at radius 1 is 1.15 bits per heavy atom. The lowest BCUT2D eigenvalue weighted by molar-refractivity contribution is 0.174. The van der Waals surface area contributed by atoms with Crippen molar-refractivity contribution >= 4 is 15.9 Å². The van der Waals surface area contributed by atoms with Gasteiger partial charge in [-0.05, 0) is 29.8 Å². The monoisotopic (exact) mass is 342 g/mol. The van der Waals surface area contributed by atoms with E-state index < -0.39 is 17.7 Å². The van der Waals surface area contributed by atoms with Crippen LogP contribution in [0.4, 0.5) is 8.78 Å². The molecule has 0 fully saturated rings. The Morgan fingerprint density at radius 3 is 2.40 bits per heavy atom. The van der Waals surface area contributed by atoms with Gasteiger partial charge < -0.3 is 9.84 Å². The molecule has 2 rings (SSSR count). The number of halogens is 3. The zero-order valence-electron chi connectivity index (χ0n) is 10.7. The lowest BCUT2D eigenvalue weighted by atomic mass is 10.0. The lowest BCUT2D eigenvalue weighted by Gasteiger charge is -2.15. The minimum atomic E-state index is -0.903. The van der Waals surface area contributed by atoms with Crippen molar-refractivity contribution in [1.29, 1.82) is 0 Å². The average Bonchev–Trinajstić information content (AvgIpc) is 2.37. The molecule has 2 aromatic rings. The summed E-state index contributed by atoms with van der Waals surface area (Å²) in [5.74, 6) is -0.798. The molecule has 0 aromatic heterocycles. The molecule has 5 heteroatoms. The molecule has 1 unspecified atom stereocenters. The highest BCUT2D eigenvalue weighted by molar-refractivity contribution is 9.10. The fourth-order valence-corrected chi connectivity index (χ4v) is 2.36. The third-order valence-electron chi connectivity index (χ3n) is 2.91. The van der Waals surface area contributed by atoms with E-state index in [9.17, 15) is 13.9 Å². The molecule has 0 bridgehead atoms. The van der Waals surface area contributed by atoms with E-state index >= 15 is 0 Å². The Balaban J connectivity index is 2.25. The number of hydrogen-bond donors (Lipinski definition) is 1. The van der Waals surface area contributed by atoms with Crippen molar-refractivity contribution in [2.75, 3.05) is 7.11 Å². The van der Waals surface area contributed by atoms with Crippen molar-refractivity contribution in [3.8, 4) is 5.75 Å². The molecule has 0 radical (unpaired) electrons. The van der Waals surface area contributed by atoms with E-state index in [4.69, 9.17) is 4.74 Å². The van der Waals surface area contributed by atoms with E-state index in [2.05, 4.69) is 15.9 Å². The molecule has 0 spiro atoms. The number of ether oxygens (including phenoxy) is 1. The van der Waals surface area contributed by atoms with Crippen molar-refractivity contribution in [1.82, 2.24) is 0 Å². The Kier molecular flexibility index (Phi) is 4.73. The van der Waals surface area contributed by atoms with E-state index in [-0.39, 0.29) is 6.42 Å². The first-order valence-corrected chi connectivity index (χ1v) is 6.75. The smallest absolute Gasteiger partial charge is 0.126 e.